The van der Waals surface area contributed by atoms with Crippen LogP contribution in [0.5, 0.6) is 0 Å². The third-order valence-electron chi connectivity index (χ3n) is 10.0. The van der Waals surface area contributed by atoms with Crippen molar-refractivity contribution in [1.82, 2.24) is 9.13 Å². The highest BCUT2D eigenvalue weighted by Crippen LogP contribution is 2.44. The first-order valence-corrected chi connectivity index (χ1v) is 16.5. The van der Waals surface area contributed by atoms with Gasteiger partial charge >= 0.3 is 0 Å². The number of hydrogen-bond acceptors (Lipinski definition) is 3. The van der Waals surface area contributed by atoms with Crippen LogP contribution < -0.4 is 0 Å². The Morgan fingerprint density at radius 1 is 0.490 bits per heavy atom. The molecule has 0 saturated heterocycles. The van der Waals surface area contributed by atoms with E-state index >= 15 is 0 Å². The lowest BCUT2D eigenvalue weighted by Gasteiger charge is -2.19. The summed E-state index contributed by atoms with van der Waals surface area (Å²) in [5, 5.41) is 27.5. The van der Waals surface area contributed by atoms with Gasteiger partial charge in [-0.15, -0.1) is 0 Å². The maximum absolute atomic E-state index is 10.7. The van der Waals surface area contributed by atoms with Gasteiger partial charge in [0, 0.05) is 55.1 Å². The standard InChI is InChI=1S/C45H23N5O/c1-48-37-21-28(26-47)34(23-42(37)49-38-17-6-2-12-29(38)30-13-3-7-18-39(30)49)33-16-10-11-27(25-46)45(33)50-40-19-8-4-14-31(40)35-22-36-32-15-5-9-20-43(32)51-44(36)24-41(35)50/h2-24H. The lowest BCUT2D eigenvalue weighted by Crippen LogP contribution is -2.03. The fourth-order valence-electron chi connectivity index (χ4n) is 7.86. The molecule has 0 aliphatic heterocycles. The highest BCUT2D eigenvalue weighted by molar-refractivity contribution is 6.18. The molecular weight excluding hydrogens is 627 g/mol. The van der Waals surface area contributed by atoms with Crippen LogP contribution in [0.3, 0.4) is 0 Å². The number of furan rings is 1. The second-order valence-electron chi connectivity index (χ2n) is 12.6. The van der Waals surface area contributed by atoms with Gasteiger partial charge in [0.1, 0.15) is 17.2 Å². The molecule has 0 fully saturated rings. The van der Waals surface area contributed by atoms with E-state index in [1.165, 1.54) is 0 Å². The van der Waals surface area contributed by atoms with Crippen molar-refractivity contribution in [3.63, 3.8) is 0 Å². The topological polar surface area (TPSA) is 74.9 Å². The minimum absolute atomic E-state index is 0.349. The fourth-order valence-corrected chi connectivity index (χ4v) is 7.86. The highest BCUT2D eigenvalue weighted by atomic mass is 16.3. The zero-order valence-corrected chi connectivity index (χ0v) is 26.9. The first kappa shape index (κ1) is 28.4. The van der Waals surface area contributed by atoms with Crippen LogP contribution in [-0.4, -0.2) is 9.13 Å². The maximum Gasteiger partial charge on any atom is 0.211 e. The lowest BCUT2D eigenvalue weighted by molar-refractivity contribution is 0.669. The van der Waals surface area contributed by atoms with E-state index in [2.05, 4.69) is 80.7 Å². The third kappa shape index (κ3) is 3.95. The number of benzene rings is 7. The summed E-state index contributed by atoms with van der Waals surface area (Å²) >= 11 is 0. The summed E-state index contributed by atoms with van der Waals surface area (Å²) in [6, 6.07) is 50.8. The molecule has 0 bridgehead atoms. The summed E-state index contributed by atoms with van der Waals surface area (Å²) < 4.78 is 10.6. The van der Waals surface area contributed by atoms with Crippen LogP contribution in [0, 0.1) is 29.2 Å². The summed E-state index contributed by atoms with van der Waals surface area (Å²) in [7, 11) is 0. The molecule has 0 N–H and O–H groups in total. The number of hydrogen-bond donors (Lipinski definition) is 0. The number of fused-ring (bicyclic) bond motifs is 9. The largest absolute Gasteiger partial charge is 0.456 e. The fraction of sp³-hybridized carbons (Fsp3) is 0. The van der Waals surface area contributed by atoms with E-state index in [0.29, 0.717) is 39.3 Å². The SMILES string of the molecule is [C-]#[N+]c1cc(C#N)c(-c2cccc(C#N)c2-n2c3ccccc3c3cc4c(cc32)oc2ccccc24)cc1-n1c2ccccc2c2ccccc21. The zero-order chi connectivity index (χ0) is 34.2. The molecule has 6 heteroatoms. The van der Waals surface area contributed by atoms with Crippen molar-refractivity contribution < 1.29 is 4.42 Å². The van der Waals surface area contributed by atoms with E-state index < -0.39 is 0 Å². The first-order valence-electron chi connectivity index (χ1n) is 16.5. The predicted molar refractivity (Wildman–Crippen MR) is 204 cm³/mol. The molecular formula is C45H23N5O. The smallest absolute Gasteiger partial charge is 0.211 e. The second-order valence-corrected chi connectivity index (χ2v) is 12.6. The second kappa shape index (κ2) is 10.7. The Bertz CT molecular complexity index is 3190. The van der Waals surface area contributed by atoms with E-state index in [0.717, 1.165) is 65.6 Å². The van der Waals surface area contributed by atoms with Crippen LogP contribution in [0.1, 0.15) is 11.1 Å². The Balaban J connectivity index is 1.33. The Labute approximate surface area is 291 Å². The predicted octanol–water partition coefficient (Wildman–Crippen LogP) is 11.7. The van der Waals surface area contributed by atoms with Crippen LogP contribution >= 0.6 is 0 Å². The van der Waals surface area contributed by atoms with E-state index in [-0.39, 0.29) is 0 Å². The van der Waals surface area contributed by atoms with Crippen LogP contribution in [0.15, 0.2) is 144 Å². The zero-order valence-electron chi connectivity index (χ0n) is 26.9. The van der Waals surface area contributed by atoms with Crippen molar-refractivity contribution in [3.8, 4) is 34.6 Å². The molecule has 6 nitrogen and oxygen atoms in total. The molecule has 0 saturated carbocycles. The molecule has 7 aromatic carbocycles. The lowest BCUT2D eigenvalue weighted by atomic mass is 9.94. The van der Waals surface area contributed by atoms with Gasteiger partial charge in [-0.25, -0.2) is 4.85 Å². The van der Waals surface area contributed by atoms with Gasteiger partial charge in [-0.3, -0.25) is 0 Å². The normalized spacial score (nSPS) is 11.5. The Morgan fingerprint density at radius 2 is 1.10 bits per heavy atom. The summed E-state index contributed by atoms with van der Waals surface area (Å²) in [4.78, 5) is 3.93. The number of para-hydroxylation sites is 5. The average Bonchev–Trinajstić information content (AvgIpc) is 3.83. The van der Waals surface area contributed by atoms with E-state index in [1.54, 1.807) is 6.07 Å². The Kier molecular flexibility index (Phi) is 5.97. The maximum atomic E-state index is 10.7. The van der Waals surface area contributed by atoms with Crippen LogP contribution in [0.4, 0.5) is 5.69 Å². The van der Waals surface area contributed by atoms with Crippen molar-refractivity contribution in [2.24, 2.45) is 0 Å². The Morgan fingerprint density at radius 3 is 1.76 bits per heavy atom. The minimum atomic E-state index is 0.349. The van der Waals surface area contributed by atoms with Gasteiger partial charge < -0.3 is 13.6 Å². The van der Waals surface area contributed by atoms with Crippen LogP contribution in [0.25, 0.3) is 92.9 Å². The van der Waals surface area contributed by atoms with Gasteiger partial charge in [0.2, 0.25) is 5.69 Å². The van der Waals surface area contributed by atoms with Crippen LogP contribution in [0.2, 0.25) is 0 Å². The number of nitrogens with zero attached hydrogens (tertiary/aromatic N) is 5. The van der Waals surface area contributed by atoms with Gasteiger partial charge in [0.15, 0.2) is 0 Å². The molecule has 3 heterocycles. The monoisotopic (exact) mass is 649 g/mol. The molecule has 10 aromatic rings. The van der Waals surface area contributed by atoms with Gasteiger partial charge in [0.05, 0.1) is 51.6 Å². The van der Waals surface area contributed by atoms with E-state index in [1.807, 2.05) is 78.9 Å². The van der Waals surface area contributed by atoms with Gasteiger partial charge in [-0.05, 0) is 48.5 Å². The molecule has 0 aliphatic rings. The molecule has 3 aromatic heterocycles. The van der Waals surface area contributed by atoms with Crippen LogP contribution in [-0.2, 0) is 0 Å². The van der Waals surface area contributed by atoms with Gasteiger partial charge in [-0.2, -0.15) is 10.5 Å². The Hall–Kier alpha value is -7.59. The molecule has 0 unspecified atom stereocenters. The molecule has 0 atom stereocenters. The number of nitriles is 2. The van der Waals surface area contributed by atoms with Crippen molar-refractivity contribution >= 4 is 71.2 Å². The summed E-state index contributed by atoms with van der Waals surface area (Å²) in [5.41, 5.74) is 9.10. The molecule has 51 heavy (non-hydrogen) atoms. The van der Waals surface area contributed by atoms with Gasteiger partial charge in [-0.1, -0.05) is 84.9 Å². The van der Waals surface area contributed by atoms with E-state index in [4.69, 9.17) is 11.0 Å². The quantitative estimate of drug-likeness (QED) is 0.179. The van der Waals surface area contributed by atoms with E-state index in [9.17, 15) is 10.5 Å². The molecule has 0 aliphatic carbocycles. The number of rotatable bonds is 3. The van der Waals surface area contributed by atoms with Crippen molar-refractivity contribution in [3.05, 3.63) is 162 Å². The highest BCUT2D eigenvalue weighted by Gasteiger charge is 2.24. The minimum Gasteiger partial charge on any atom is -0.456 e. The summed E-state index contributed by atoms with van der Waals surface area (Å²) in [6.07, 6.45) is 0. The summed E-state index contributed by atoms with van der Waals surface area (Å²) in [6.45, 7) is 8.20. The summed E-state index contributed by atoms with van der Waals surface area (Å²) in [5.74, 6) is 0. The molecule has 0 radical (unpaired) electrons. The van der Waals surface area contributed by atoms with Crippen molar-refractivity contribution in [2.75, 3.05) is 0 Å². The molecule has 234 valence electrons. The molecule has 0 amide bonds. The third-order valence-corrected chi connectivity index (χ3v) is 10.0. The van der Waals surface area contributed by atoms with Gasteiger partial charge in [0.25, 0.3) is 0 Å². The molecule has 10 rings (SSSR count). The molecule has 0 spiro atoms. The first-order chi connectivity index (χ1) is 25.2. The van der Waals surface area contributed by atoms with Crippen molar-refractivity contribution in [2.45, 2.75) is 0 Å². The van der Waals surface area contributed by atoms with Crippen molar-refractivity contribution in [1.29, 1.82) is 10.5 Å². The number of aromatic nitrogens is 2. The average molecular weight is 650 g/mol.